The van der Waals surface area contributed by atoms with Gasteiger partial charge in [0, 0.05) is 22.1 Å². The fraction of sp³-hybridized carbons (Fsp3) is 0.200. The SMILES string of the molecule is CNC(Cc1ccc(F)cc1F)c1c(F)cccc1Br. The Morgan fingerprint density at radius 3 is 2.45 bits per heavy atom. The van der Waals surface area contributed by atoms with E-state index in [0.29, 0.717) is 15.6 Å². The highest BCUT2D eigenvalue weighted by Gasteiger charge is 2.19. The Balaban J connectivity index is 2.34. The summed E-state index contributed by atoms with van der Waals surface area (Å²) < 4.78 is 41.1. The van der Waals surface area contributed by atoms with Gasteiger partial charge < -0.3 is 5.32 Å². The van der Waals surface area contributed by atoms with Gasteiger partial charge in [-0.1, -0.05) is 28.1 Å². The van der Waals surface area contributed by atoms with Gasteiger partial charge in [0.2, 0.25) is 0 Å². The van der Waals surface area contributed by atoms with Crippen molar-refractivity contribution in [2.24, 2.45) is 0 Å². The molecule has 2 aromatic rings. The molecular formula is C15H13BrF3N. The lowest BCUT2D eigenvalue weighted by Gasteiger charge is -2.19. The molecule has 1 unspecified atom stereocenters. The summed E-state index contributed by atoms with van der Waals surface area (Å²) in [7, 11) is 1.67. The molecule has 0 aromatic heterocycles. The van der Waals surface area contributed by atoms with E-state index in [0.717, 1.165) is 6.07 Å². The van der Waals surface area contributed by atoms with Crippen molar-refractivity contribution in [1.82, 2.24) is 5.32 Å². The van der Waals surface area contributed by atoms with Crippen LogP contribution in [0.3, 0.4) is 0 Å². The first-order chi connectivity index (χ1) is 9.52. The Hall–Kier alpha value is -1.33. The molecule has 0 radical (unpaired) electrons. The fourth-order valence-electron chi connectivity index (χ4n) is 2.10. The Morgan fingerprint density at radius 1 is 1.10 bits per heavy atom. The van der Waals surface area contributed by atoms with Crippen molar-refractivity contribution in [3.63, 3.8) is 0 Å². The second kappa shape index (κ2) is 6.41. The Kier molecular flexibility index (Phi) is 4.83. The minimum Gasteiger partial charge on any atom is -0.313 e. The highest BCUT2D eigenvalue weighted by atomic mass is 79.9. The van der Waals surface area contributed by atoms with Crippen LogP contribution in [-0.4, -0.2) is 7.05 Å². The summed E-state index contributed by atoms with van der Waals surface area (Å²) in [6.07, 6.45) is 0.224. The predicted molar refractivity (Wildman–Crippen MR) is 76.0 cm³/mol. The zero-order chi connectivity index (χ0) is 14.7. The zero-order valence-electron chi connectivity index (χ0n) is 10.8. The zero-order valence-corrected chi connectivity index (χ0v) is 12.3. The normalized spacial score (nSPS) is 12.4. The Labute approximate surface area is 123 Å². The monoisotopic (exact) mass is 343 g/mol. The number of likely N-dealkylation sites (N-methyl/N-ethyl adjacent to an activating group) is 1. The highest BCUT2D eigenvalue weighted by molar-refractivity contribution is 9.10. The van der Waals surface area contributed by atoms with Crippen LogP contribution in [0.25, 0.3) is 0 Å². The van der Waals surface area contributed by atoms with E-state index < -0.39 is 17.7 Å². The van der Waals surface area contributed by atoms with Gasteiger partial charge in [-0.2, -0.15) is 0 Å². The molecule has 0 fully saturated rings. The molecule has 1 nitrogen and oxygen atoms in total. The first-order valence-electron chi connectivity index (χ1n) is 6.08. The number of hydrogen-bond acceptors (Lipinski definition) is 1. The van der Waals surface area contributed by atoms with E-state index in [9.17, 15) is 13.2 Å². The van der Waals surface area contributed by atoms with Crippen molar-refractivity contribution in [3.05, 3.63) is 69.4 Å². The molecular weight excluding hydrogens is 331 g/mol. The Morgan fingerprint density at radius 2 is 1.85 bits per heavy atom. The topological polar surface area (TPSA) is 12.0 Å². The van der Waals surface area contributed by atoms with Gasteiger partial charge in [-0.15, -0.1) is 0 Å². The van der Waals surface area contributed by atoms with E-state index >= 15 is 0 Å². The second-order valence-electron chi connectivity index (χ2n) is 4.42. The van der Waals surface area contributed by atoms with Crippen molar-refractivity contribution in [3.8, 4) is 0 Å². The van der Waals surface area contributed by atoms with Crippen LogP contribution in [0.15, 0.2) is 40.9 Å². The summed E-state index contributed by atoms with van der Waals surface area (Å²) in [6.45, 7) is 0. The average Bonchev–Trinajstić information content (AvgIpc) is 2.39. The summed E-state index contributed by atoms with van der Waals surface area (Å²) in [5.74, 6) is -1.63. The van der Waals surface area contributed by atoms with Crippen molar-refractivity contribution in [2.75, 3.05) is 7.05 Å². The second-order valence-corrected chi connectivity index (χ2v) is 5.27. The van der Waals surface area contributed by atoms with Crippen LogP contribution >= 0.6 is 15.9 Å². The molecule has 0 heterocycles. The van der Waals surface area contributed by atoms with Gasteiger partial charge in [0.15, 0.2) is 0 Å². The van der Waals surface area contributed by atoms with Crippen LogP contribution in [0, 0.1) is 17.5 Å². The summed E-state index contributed by atoms with van der Waals surface area (Å²) in [5, 5.41) is 2.96. The van der Waals surface area contributed by atoms with Crippen LogP contribution in [-0.2, 0) is 6.42 Å². The summed E-state index contributed by atoms with van der Waals surface area (Å²) in [6, 6.07) is 7.66. The maximum atomic E-state index is 13.9. The third-order valence-corrected chi connectivity index (χ3v) is 3.83. The van der Waals surface area contributed by atoms with Crippen LogP contribution in [0.4, 0.5) is 13.2 Å². The minimum absolute atomic E-state index is 0.224. The summed E-state index contributed by atoms with van der Waals surface area (Å²) in [5.41, 5.74) is 0.764. The van der Waals surface area contributed by atoms with Crippen molar-refractivity contribution in [1.29, 1.82) is 0 Å². The van der Waals surface area contributed by atoms with Crippen LogP contribution in [0.2, 0.25) is 0 Å². The fourth-order valence-corrected chi connectivity index (χ4v) is 2.72. The average molecular weight is 344 g/mol. The lowest BCUT2D eigenvalue weighted by atomic mass is 9.98. The molecule has 1 N–H and O–H groups in total. The quantitative estimate of drug-likeness (QED) is 0.869. The van der Waals surface area contributed by atoms with Gasteiger partial charge in [0.25, 0.3) is 0 Å². The first-order valence-corrected chi connectivity index (χ1v) is 6.87. The number of halogens is 4. The molecule has 0 saturated carbocycles. The molecule has 1 atom stereocenters. The maximum Gasteiger partial charge on any atom is 0.129 e. The molecule has 0 saturated heterocycles. The standard InChI is InChI=1S/C15H13BrF3N/c1-20-14(15-11(16)3-2-4-12(15)18)7-9-5-6-10(17)8-13(9)19/h2-6,8,14,20H,7H2,1H3. The van der Waals surface area contributed by atoms with Crippen molar-refractivity contribution in [2.45, 2.75) is 12.5 Å². The molecule has 0 aliphatic carbocycles. The first kappa shape index (κ1) is 15.1. The maximum absolute atomic E-state index is 13.9. The third-order valence-electron chi connectivity index (χ3n) is 3.14. The van der Waals surface area contributed by atoms with E-state index in [1.54, 1.807) is 19.2 Å². The summed E-state index contributed by atoms with van der Waals surface area (Å²) >= 11 is 3.30. The molecule has 0 bridgehead atoms. The third kappa shape index (κ3) is 3.22. The van der Waals surface area contributed by atoms with E-state index in [-0.39, 0.29) is 12.2 Å². The summed E-state index contributed by atoms with van der Waals surface area (Å²) in [4.78, 5) is 0. The molecule has 0 aliphatic rings. The molecule has 20 heavy (non-hydrogen) atoms. The molecule has 2 rings (SSSR count). The van der Waals surface area contributed by atoms with Gasteiger partial charge in [0.1, 0.15) is 17.5 Å². The van der Waals surface area contributed by atoms with Crippen molar-refractivity contribution < 1.29 is 13.2 Å². The lowest BCUT2D eigenvalue weighted by Crippen LogP contribution is -2.21. The minimum atomic E-state index is -0.627. The molecule has 2 aromatic carbocycles. The van der Waals surface area contributed by atoms with Gasteiger partial charge >= 0.3 is 0 Å². The van der Waals surface area contributed by atoms with E-state index in [1.807, 2.05) is 0 Å². The smallest absolute Gasteiger partial charge is 0.129 e. The Bertz CT molecular complexity index is 596. The number of rotatable bonds is 4. The lowest BCUT2D eigenvalue weighted by molar-refractivity contribution is 0.513. The molecule has 0 amide bonds. The van der Waals surface area contributed by atoms with Crippen molar-refractivity contribution >= 4 is 15.9 Å². The molecule has 0 aliphatic heterocycles. The molecule has 5 heteroatoms. The number of benzene rings is 2. The largest absolute Gasteiger partial charge is 0.313 e. The van der Waals surface area contributed by atoms with Gasteiger partial charge in [-0.3, -0.25) is 0 Å². The van der Waals surface area contributed by atoms with Crippen LogP contribution < -0.4 is 5.32 Å². The molecule has 106 valence electrons. The van der Waals surface area contributed by atoms with E-state index in [4.69, 9.17) is 0 Å². The highest BCUT2D eigenvalue weighted by Crippen LogP contribution is 2.29. The number of hydrogen-bond donors (Lipinski definition) is 1. The van der Waals surface area contributed by atoms with E-state index in [2.05, 4.69) is 21.2 Å². The number of nitrogens with one attached hydrogen (secondary N) is 1. The van der Waals surface area contributed by atoms with Crippen LogP contribution in [0.1, 0.15) is 17.2 Å². The molecule has 0 spiro atoms. The van der Waals surface area contributed by atoms with E-state index in [1.165, 1.54) is 18.2 Å². The van der Waals surface area contributed by atoms with Gasteiger partial charge in [-0.05, 0) is 37.2 Å². The van der Waals surface area contributed by atoms with Gasteiger partial charge in [0.05, 0.1) is 0 Å². The van der Waals surface area contributed by atoms with Gasteiger partial charge in [-0.25, -0.2) is 13.2 Å². The van der Waals surface area contributed by atoms with Crippen LogP contribution in [0.5, 0.6) is 0 Å². The predicted octanol–water partition coefficient (Wildman–Crippen LogP) is 4.37.